The van der Waals surface area contributed by atoms with E-state index in [-0.39, 0.29) is 83.9 Å². The number of pyridine rings is 6. The molecule has 3 fully saturated rings. The second-order valence-electron chi connectivity index (χ2n) is 29.2. The van der Waals surface area contributed by atoms with Crippen LogP contribution in [0.4, 0.5) is 0 Å². The number of ether oxygens (including phenoxy) is 18. The maximum Gasteiger partial charge on any atom is 1.00 e. The molecule has 3 aliphatic heterocycles. The molecule has 3 atom stereocenters. The van der Waals surface area contributed by atoms with Gasteiger partial charge in [-0.3, -0.25) is 29.4 Å². The second kappa shape index (κ2) is 68.4. The Balaban J connectivity index is 0.000000343. The number of hydrogen-bond acceptors (Lipinski definition) is 38. The van der Waals surface area contributed by atoms with E-state index in [1.807, 2.05) is 44.2 Å². The molecule has 6 aromatic heterocycles. The number of esters is 4. The van der Waals surface area contributed by atoms with E-state index in [0.29, 0.717) is 288 Å². The summed E-state index contributed by atoms with van der Waals surface area (Å²) in [4.78, 5) is 109. The van der Waals surface area contributed by atoms with Crippen molar-refractivity contribution in [1.82, 2.24) is 59.3 Å². The maximum atomic E-state index is 11.9. The zero-order valence-corrected chi connectivity index (χ0v) is 76.2. The van der Waals surface area contributed by atoms with Crippen LogP contribution in [0, 0.1) is 0 Å². The fraction of sp³-hybridized carbons (Fsp3) is 0.596. The van der Waals surface area contributed by atoms with Crippen LogP contribution in [0.1, 0.15) is 111 Å². The third-order valence-corrected chi connectivity index (χ3v) is 19.7. The zero-order chi connectivity index (χ0) is 91.4. The van der Waals surface area contributed by atoms with Gasteiger partial charge in [0.15, 0.2) is 0 Å². The van der Waals surface area contributed by atoms with E-state index in [1.54, 1.807) is 66.7 Å². The summed E-state index contributed by atoms with van der Waals surface area (Å²) in [6, 6.07) is 31.1. The molecule has 9 heterocycles. The Morgan fingerprint density at radius 3 is 0.723 bits per heavy atom. The van der Waals surface area contributed by atoms with Gasteiger partial charge in [-0.15, -0.1) is 0 Å². The van der Waals surface area contributed by atoms with Gasteiger partial charge in [0.2, 0.25) is 0 Å². The zero-order valence-electron chi connectivity index (χ0n) is 76.2. The number of carbonyl (C=O) groups is 6. The number of hydrogen-bond donors (Lipinski definition) is 3. The van der Waals surface area contributed by atoms with Gasteiger partial charge < -0.3 is 106 Å². The summed E-state index contributed by atoms with van der Waals surface area (Å²) in [6.45, 7) is 25.0. The number of carbonyl (C=O) groups excluding carboxylic acids is 4. The quantitative estimate of drug-likeness (QED) is 0.0411. The fourth-order valence-corrected chi connectivity index (χ4v) is 12.9. The first kappa shape index (κ1) is 112. The molecule has 41 heteroatoms. The summed E-state index contributed by atoms with van der Waals surface area (Å²) in [5.41, 5.74) is 5.36. The third kappa shape index (κ3) is 46.7. The Kier molecular flexibility index (Phi) is 58.9. The number of methoxy groups -OCH3 is 4. The Hall–Kier alpha value is -8.56. The Bertz CT molecular complexity index is 4120. The molecule has 4 N–H and O–H groups in total. The number of carboxylic acids is 2. The molecule has 0 spiro atoms. The summed E-state index contributed by atoms with van der Waals surface area (Å²) < 4.78 is 101. The van der Waals surface area contributed by atoms with Crippen LogP contribution in [-0.4, -0.2) is 413 Å². The Morgan fingerprint density at radius 1 is 0.308 bits per heavy atom. The van der Waals surface area contributed by atoms with Crippen molar-refractivity contribution in [3.8, 4) is 0 Å². The van der Waals surface area contributed by atoms with Crippen LogP contribution in [0.2, 0.25) is 0 Å². The number of aromatic nitrogens is 6. The third-order valence-electron chi connectivity index (χ3n) is 19.7. The summed E-state index contributed by atoms with van der Waals surface area (Å²) >= 11 is 0. The van der Waals surface area contributed by atoms with Crippen molar-refractivity contribution in [3.63, 3.8) is 0 Å². The molecule has 130 heavy (non-hydrogen) atoms. The van der Waals surface area contributed by atoms with E-state index in [9.17, 15) is 44.1 Å². The molecule has 0 aromatic carbocycles. The van der Waals surface area contributed by atoms with Gasteiger partial charge in [0.1, 0.15) is 52.5 Å². The molecule has 0 bridgehead atoms. The molecule has 0 radical (unpaired) electrons. The van der Waals surface area contributed by atoms with Crippen molar-refractivity contribution in [2.45, 2.75) is 71.4 Å². The number of nitrogens with zero attached hydrogens (tertiary/aromatic N) is 12. The first-order chi connectivity index (χ1) is 62.5. The summed E-state index contributed by atoms with van der Waals surface area (Å²) in [6.07, 6.45) is -0.970. The normalized spacial score (nSPS) is 19.0. The van der Waals surface area contributed by atoms with Crippen LogP contribution in [0.5, 0.6) is 0 Å². The molecular formula is C89H131LiN12O28. The van der Waals surface area contributed by atoms with Gasteiger partial charge >= 0.3 is 54.7 Å². The molecule has 0 unspecified atom stereocenters. The van der Waals surface area contributed by atoms with Crippen molar-refractivity contribution in [2.75, 3.05) is 279 Å². The minimum absolute atomic E-state index is 0. The van der Waals surface area contributed by atoms with Crippen LogP contribution in [-0.2, 0) is 125 Å². The van der Waals surface area contributed by atoms with Crippen LogP contribution >= 0.6 is 0 Å². The standard InChI is InChI=1S/C31H46N4O9.2C29H42N4O9.Li.H2O/c1-4-40-23-27-24-43-17-13-34(21-25-7-5-9-28(32-25)30(36)38-2)11-15-41-19-20-42-16-12-35(14-18-44-27)22-26-8-6-10-29(33-26)31(37)39-3;1-37-28(35)26-7-3-5-23(30-26)19-32-9-13-39-17-18-40-14-10-33(12-16-42-25(21-34)22-41-15-11-32)20-24-6-4-8-27(31-24)29(36)38-2;1-2-38-21-25-22-41-15-11-32(19-23-5-3-7-26(30-23)28(34)35)9-13-39-17-18-40-14-10-33(12-16-42-25)20-24-6-4-8-27(31-24)29(36)37;;/h5-10,27H,4,11-24H2,1-3H3;3-8,25,34H,9-22H2,1-2H3;3-8,25H,2,9-22H2,1H3,(H,34,35)(H,36,37);;1H2/q;;;+1;/p-1/t27-;2*25-;;/m111../s1. The smallest absolute Gasteiger partial charge is 0.870 e. The van der Waals surface area contributed by atoms with Crippen LogP contribution in [0.15, 0.2) is 109 Å². The predicted octanol–water partition coefficient (Wildman–Crippen LogP) is 1.12. The summed E-state index contributed by atoms with van der Waals surface area (Å²) in [5, 5.41) is 28.4. The van der Waals surface area contributed by atoms with E-state index in [0.717, 1.165) is 22.8 Å². The number of rotatable bonds is 25. The number of carboxylic acid groups (broad SMARTS) is 2. The first-order valence-corrected chi connectivity index (χ1v) is 43.2. The molecule has 0 saturated carbocycles. The van der Waals surface area contributed by atoms with E-state index >= 15 is 0 Å². The summed E-state index contributed by atoms with van der Waals surface area (Å²) in [5.74, 6) is -4.02. The average Bonchev–Trinajstić information content (AvgIpc) is 0.898. The van der Waals surface area contributed by atoms with Crippen molar-refractivity contribution >= 4 is 35.8 Å². The summed E-state index contributed by atoms with van der Waals surface area (Å²) in [7, 11) is 5.34. The molecule has 9 rings (SSSR count). The number of aliphatic hydroxyl groups excluding tert-OH is 1. The van der Waals surface area contributed by atoms with Crippen LogP contribution in [0.25, 0.3) is 0 Å². The maximum absolute atomic E-state index is 11.9. The van der Waals surface area contributed by atoms with Crippen molar-refractivity contribution in [3.05, 3.63) is 178 Å². The topological polar surface area (TPSA) is 456 Å². The largest absolute Gasteiger partial charge is 1.00 e. The molecular weight excluding hydrogens is 1690 g/mol. The van der Waals surface area contributed by atoms with Gasteiger partial charge in [0.25, 0.3) is 0 Å². The van der Waals surface area contributed by atoms with Crippen molar-refractivity contribution in [2.24, 2.45) is 0 Å². The van der Waals surface area contributed by atoms with Crippen LogP contribution in [0.3, 0.4) is 0 Å². The van der Waals surface area contributed by atoms with E-state index in [1.165, 1.54) is 40.6 Å². The average molecular weight is 1820 g/mol. The monoisotopic (exact) mass is 1820 g/mol. The van der Waals surface area contributed by atoms with Gasteiger partial charge in [0, 0.05) is 131 Å². The SMILES string of the molecule is CCOC[C@@H]1COCCN(Cc2cccc(C(=O)O)n2)CCOCCOCCN(Cc2cccc(C(=O)O)n2)CCO1.CCOC[C@@H]1COCCN(Cc2cccc(C(=O)OC)n2)CCOCCOCCN(Cc2cccc(C(=O)OC)n2)CCO1.COC(=O)c1cccc(CN2CCOCCOCCN(Cc3cccc(C(=O)OC)n3)CCO[C@H](CO)COCC2)n1.[Li+].[OH-]. The first-order valence-electron chi connectivity index (χ1n) is 43.2. The molecule has 0 amide bonds. The van der Waals surface area contributed by atoms with Crippen molar-refractivity contribution in [1.29, 1.82) is 0 Å². The second-order valence-corrected chi connectivity index (χ2v) is 29.2. The van der Waals surface area contributed by atoms with E-state index in [4.69, 9.17) is 85.3 Å². The number of aliphatic hydroxyl groups is 1. The van der Waals surface area contributed by atoms with E-state index in [2.05, 4.69) is 59.3 Å². The molecule has 716 valence electrons. The van der Waals surface area contributed by atoms with Gasteiger partial charge in [-0.1, -0.05) is 36.4 Å². The fourth-order valence-electron chi connectivity index (χ4n) is 12.9. The molecule has 0 aliphatic carbocycles. The van der Waals surface area contributed by atoms with Crippen LogP contribution < -0.4 is 18.9 Å². The minimum atomic E-state index is -1.06. The molecule has 6 aromatic rings. The van der Waals surface area contributed by atoms with Gasteiger partial charge in [-0.2, -0.15) is 0 Å². The molecule has 40 nitrogen and oxygen atoms in total. The number of aromatic carboxylic acids is 2. The molecule has 3 saturated heterocycles. The van der Waals surface area contributed by atoms with Crippen molar-refractivity contribution < 1.29 is 154 Å². The minimum Gasteiger partial charge on any atom is -0.870 e. The van der Waals surface area contributed by atoms with Gasteiger partial charge in [0.05, 0.1) is 221 Å². The van der Waals surface area contributed by atoms with Gasteiger partial charge in [-0.05, 0) is 86.6 Å². The predicted molar refractivity (Wildman–Crippen MR) is 465 cm³/mol. The Labute approximate surface area is 772 Å². The Morgan fingerprint density at radius 2 is 0.508 bits per heavy atom. The van der Waals surface area contributed by atoms with E-state index < -0.39 is 41.9 Å². The van der Waals surface area contributed by atoms with Gasteiger partial charge in [-0.25, -0.2) is 58.7 Å². The molecule has 3 aliphatic rings.